The number of nitrogens with zero attached hydrogens (tertiary/aromatic N) is 2. The number of sulfonamides is 1. The van der Waals surface area contributed by atoms with E-state index >= 15 is 0 Å². The number of rotatable bonds is 5. The van der Waals surface area contributed by atoms with E-state index in [9.17, 15) is 18.0 Å². The summed E-state index contributed by atoms with van der Waals surface area (Å²) in [5.41, 5.74) is 0.233. The van der Waals surface area contributed by atoms with Crippen molar-refractivity contribution in [2.24, 2.45) is 0 Å². The molecule has 3 rings (SSSR count). The lowest BCUT2D eigenvalue weighted by Crippen LogP contribution is -2.41. The molecule has 1 aromatic carbocycles. The standard InChI is InChI=1S/C20H28N2O5S/c1-16-7-3-6-14-22(16)28(25,26)18-10-8-17(9-11-18)20(24)27-15-19(23)21-12-4-2-5-13-21/h8-11,16H,2-7,12-15H2,1H3/t16-/m0/s1. The zero-order chi connectivity index (χ0) is 20.1. The van der Waals surface area contributed by atoms with E-state index in [1.54, 1.807) is 4.90 Å². The van der Waals surface area contributed by atoms with Crippen LogP contribution in [0.25, 0.3) is 0 Å². The van der Waals surface area contributed by atoms with Gasteiger partial charge < -0.3 is 9.64 Å². The van der Waals surface area contributed by atoms with Gasteiger partial charge in [0.15, 0.2) is 6.61 Å². The molecule has 0 saturated carbocycles. The molecular formula is C20H28N2O5S. The van der Waals surface area contributed by atoms with Crippen LogP contribution in [-0.2, 0) is 19.6 Å². The number of hydrogen-bond donors (Lipinski definition) is 0. The highest BCUT2D eigenvalue weighted by Crippen LogP contribution is 2.25. The maximum absolute atomic E-state index is 12.8. The first kappa shape index (κ1) is 20.8. The van der Waals surface area contributed by atoms with Gasteiger partial charge in [-0.1, -0.05) is 6.42 Å². The minimum absolute atomic E-state index is 0.0239. The van der Waals surface area contributed by atoms with Crippen LogP contribution in [0.15, 0.2) is 29.2 Å². The van der Waals surface area contributed by atoms with E-state index < -0.39 is 16.0 Å². The summed E-state index contributed by atoms with van der Waals surface area (Å²) in [7, 11) is -3.57. The van der Waals surface area contributed by atoms with Gasteiger partial charge in [-0.05, 0) is 63.3 Å². The molecule has 28 heavy (non-hydrogen) atoms. The van der Waals surface area contributed by atoms with Gasteiger partial charge in [-0.25, -0.2) is 13.2 Å². The van der Waals surface area contributed by atoms with Crippen molar-refractivity contribution >= 4 is 21.9 Å². The number of amides is 1. The molecule has 0 spiro atoms. The maximum atomic E-state index is 12.8. The van der Waals surface area contributed by atoms with Crippen LogP contribution in [0, 0.1) is 0 Å². The van der Waals surface area contributed by atoms with E-state index in [-0.39, 0.29) is 29.0 Å². The summed E-state index contributed by atoms with van der Waals surface area (Å²) in [6.45, 7) is 3.56. The minimum atomic E-state index is -3.57. The van der Waals surface area contributed by atoms with E-state index in [0.717, 1.165) is 38.5 Å². The Labute approximate surface area is 166 Å². The number of likely N-dealkylation sites (tertiary alicyclic amines) is 1. The first-order valence-corrected chi connectivity index (χ1v) is 11.4. The lowest BCUT2D eigenvalue weighted by molar-refractivity contribution is -0.135. The van der Waals surface area contributed by atoms with Gasteiger partial charge in [0.1, 0.15) is 0 Å². The Kier molecular flexibility index (Phi) is 6.72. The molecule has 2 saturated heterocycles. The quantitative estimate of drug-likeness (QED) is 0.699. The van der Waals surface area contributed by atoms with Crippen molar-refractivity contribution in [2.45, 2.75) is 56.4 Å². The molecule has 8 heteroatoms. The monoisotopic (exact) mass is 408 g/mol. The molecule has 0 aliphatic carbocycles. The molecule has 2 fully saturated rings. The van der Waals surface area contributed by atoms with Crippen LogP contribution < -0.4 is 0 Å². The third kappa shape index (κ3) is 4.72. The Morgan fingerprint density at radius 1 is 1.00 bits per heavy atom. The summed E-state index contributed by atoms with van der Waals surface area (Å²) in [6.07, 6.45) is 5.83. The van der Waals surface area contributed by atoms with E-state index in [1.165, 1.54) is 28.6 Å². The molecular weight excluding hydrogens is 380 g/mol. The molecule has 2 aliphatic rings. The normalized spacial score (nSPS) is 21.3. The molecule has 0 aromatic heterocycles. The lowest BCUT2D eigenvalue weighted by atomic mass is 10.1. The Morgan fingerprint density at radius 3 is 2.29 bits per heavy atom. The summed E-state index contributed by atoms with van der Waals surface area (Å²) in [4.78, 5) is 26.2. The second kappa shape index (κ2) is 9.05. The third-order valence-electron chi connectivity index (χ3n) is 5.47. The highest BCUT2D eigenvalue weighted by atomic mass is 32.2. The molecule has 0 radical (unpaired) electrons. The predicted octanol–water partition coefficient (Wildman–Crippen LogP) is 2.42. The average Bonchev–Trinajstić information content (AvgIpc) is 2.72. The second-order valence-electron chi connectivity index (χ2n) is 7.50. The molecule has 0 bridgehead atoms. The summed E-state index contributed by atoms with van der Waals surface area (Å²) in [5.74, 6) is -0.813. The van der Waals surface area contributed by atoms with Gasteiger partial charge in [0, 0.05) is 25.7 Å². The van der Waals surface area contributed by atoms with Crippen LogP contribution >= 0.6 is 0 Å². The summed E-state index contributed by atoms with van der Waals surface area (Å²) < 4.78 is 32.3. The van der Waals surface area contributed by atoms with Gasteiger partial charge >= 0.3 is 5.97 Å². The minimum Gasteiger partial charge on any atom is -0.452 e. The second-order valence-corrected chi connectivity index (χ2v) is 9.39. The fraction of sp³-hybridized carbons (Fsp3) is 0.600. The average molecular weight is 409 g/mol. The van der Waals surface area contributed by atoms with Gasteiger partial charge in [0.25, 0.3) is 5.91 Å². The van der Waals surface area contributed by atoms with Crippen LogP contribution in [0.1, 0.15) is 55.8 Å². The van der Waals surface area contributed by atoms with Crippen molar-refractivity contribution in [2.75, 3.05) is 26.2 Å². The Balaban J connectivity index is 1.60. The molecule has 0 N–H and O–H groups in total. The number of ether oxygens (including phenoxy) is 1. The first-order valence-electron chi connectivity index (χ1n) is 9.96. The Hall–Kier alpha value is -1.93. The summed E-state index contributed by atoms with van der Waals surface area (Å²) in [6, 6.07) is 5.72. The van der Waals surface area contributed by atoms with Crippen LogP contribution in [0.5, 0.6) is 0 Å². The highest BCUT2D eigenvalue weighted by molar-refractivity contribution is 7.89. The highest BCUT2D eigenvalue weighted by Gasteiger charge is 2.31. The number of esters is 1. The van der Waals surface area contributed by atoms with E-state index in [4.69, 9.17) is 4.74 Å². The van der Waals surface area contributed by atoms with Crippen LogP contribution in [0.3, 0.4) is 0 Å². The fourth-order valence-corrected chi connectivity index (χ4v) is 5.47. The third-order valence-corrected chi connectivity index (χ3v) is 7.50. The summed E-state index contributed by atoms with van der Waals surface area (Å²) >= 11 is 0. The summed E-state index contributed by atoms with van der Waals surface area (Å²) in [5, 5.41) is 0. The van der Waals surface area contributed by atoms with Crippen LogP contribution in [-0.4, -0.2) is 61.8 Å². The Morgan fingerprint density at radius 2 is 1.64 bits per heavy atom. The molecule has 7 nitrogen and oxygen atoms in total. The van der Waals surface area contributed by atoms with Crippen molar-refractivity contribution in [3.63, 3.8) is 0 Å². The van der Waals surface area contributed by atoms with Gasteiger partial charge in [-0.15, -0.1) is 0 Å². The van der Waals surface area contributed by atoms with Crippen molar-refractivity contribution in [1.82, 2.24) is 9.21 Å². The molecule has 1 atom stereocenters. The van der Waals surface area contributed by atoms with Crippen LogP contribution in [0.2, 0.25) is 0 Å². The first-order chi connectivity index (χ1) is 13.4. The molecule has 1 amide bonds. The number of carbonyl (C=O) groups is 2. The van der Waals surface area contributed by atoms with Crippen molar-refractivity contribution in [3.05, 3.63) is 29.8 Å². The molecule has 2 heterocycles. The predicted molar refractivity (Wildman–Crippen MR) is 104 cm³/mol. The number of benzene rings is 1. The topological polar surface area (TPSA) is 84.0 Å². The van der Waals surface area contributed by atoms with Crippen LogP contribution in [0.4, 0.5) is 0 Å². The smallest absolute Gasteiger partial charge is 0.338 e. The van der Waals surface area contributed by atoms with Crippen molar-refractivity contribution in [3.8, 4) is 0 Å². The number of carbonyl (C=O) groups excluding carboxylic acids is 2. The Bertz CT molecular complexity index is 800. The van der Waals surface area contributed by atoms with E-state index in [1.807, 2.05) is 6.92 Å². The number of hydrogen-bond acceptors (Lipinski definition) is 5. The van der Waals surface area contributed by atoms with Crippen molar-refractivity contribution in [1.29, 1.82) is 0 Å². The largest absolute Gasteiger partial charge is 0.452 e. The fourth-order valence-electron chi connectivity index (χ4n) is 3.77. The van der Waals surface area contributed by atoms with Gasteiger partial charge in [0.2, 0.25) is 10.0 Å². The van der Waals surface area contributed by atoms with Gasteiger partial charge in [-0.2, -0.15) is 4.31 Å². The SMILES string of the molecule is C[C@H]1CCCCN1S(=O)(=O)c1ccc(C(=O)OCC(=O)N2CCCCC2)cc1. The van der Waals surface area contributed by atoms with E-state index in [0.29, 0.717) is 19.6 Å². The molecule has 1 aromatic rings. The lowest BCUT2D eigenvalue weighted by Gasteiger charge is -2.32. The van der Waals surface area contributed by atoms with Gasteiger partial charge in [-0.3, -0.25) is 4.79 Å². The molecule has 0 unspecified atom stereocenters. The zero-order valence-corrected chi connectivity index (χ0v) is 17.1. The molecule has 154 valence electrons. The van der Waals surface area contributed by atoms with Gasteiger partial charge in [0.05, 0.1) is 10.5 Å². The number of piperidine rings is 2. The van der Waals surface area contributed by atoms with Crippen molar-refractivity contribution < 1.29 is 22.7 Å². The maximum Gasteiger partial charge on any atom is 0.338 e. The zero-order valence-electron chi connectivity index (χ0n) is 16.3. The molecule has 2 aliphatic heterocycles. The van der Waals surface area contributed by atoms with E-state index in [2.05, 4.69) is 0 Å².